The van der Waals surface area contributed by atoms with Crippen LogP contribution in [0.3, 0.4) is 0 Å². The lowest BCUT2D eigenvalue weighted by Gasteiger charge is -2.27. The number of oxazole rings is 1. The van der Waals surface area contributed by atoms with Gasteiger partial charge >= 0.3 is 0 Å². The molecule has 2 aliphatic rings. The smallest absolute Gasteiger partial charge is 0.292 e. The molecular weight excluding hydrogens is 332 g/mol. The van der Waals surface area contributed by atoms with Crippen LogP contribution >= 0.6 is 0 Å². The molecule has 0 unspecified atom stereocenters. The van der Waals surface area contributed by atoms with E-state index in [2.05, 4.69) is 9.98 Å². The Hall–Kier alpha value is -2.09. The van der Waals surface area contributed by atoms with Crippen LogP contribution in [0.25, 0.3) is 0 Å². The number of carbonyl (C=O) groups excluding carboxylic acids is 1. The van der Waals surface area contributed by atoms with Gasteiger partial charge in [-0.3, -0.25) is 9.79 Å². The minimum absolute atomic E-state index is 0.195. The highest BCUT2D eigenvalue weighted by molar-refractivity contribution is 5.93. The molecule has 0 saturated heterocycles. The first-order valence-corrected chi connectivity index (χ1v) is 8.38. The van der Waals surface area contributed by atoms with Crippen LogP contribution in [0.2, 0.25) is 0 Å². The Labute approximate surface area is 144 Å². The number of nitrogens with zero attached hydrogens (tertiary/aromatic N) is 3. The van der Waals surface area contributed by atoms with Crippen LogP contribution in [-0.4, -0.2) is 40.2 Å². The minimum Gasteiger partial charge on any atom is -0.432 e. The molecule has 1 aliphatic heterocycles. The van der Waals surface area contributed by atoms with Gasteiger partial charge in [-0.2, -0.15) is 0 Å². The maximum Gasteiger partial charge on any atom is 0.292 e. The van der Waals surface area contributed by atoms with Crippen molar-refractivity contribution in [3.63, 3.8) is 0 Å². The molecule has 1 aromatic rings. The van der Waals surface area contributed by atoms with Gasteiger partial charge in [-0.1, -0.05) is 6.92 Å². The van der Waals surface area contributed by atoms with E-state index in [0.717, 1.165) is 17.7 Å². The molecule has 3 rings (SSSR count). The van der Waals surface area contributed by atoms with Gasteiger partial charge in [-0.15, -0.1) is 0 Å². The number of rotatable bonds is 5. The summed E-state index contributed by atoms with van der Waals surface area (Å²) in [5, 5.41) is 10.0. The molecule has 0 atom stereocenters. The first-order chi connectivity index (χ1) is 11.9. The van der Waals surface area contributed by atoms with E-state index in [-0.39, 0.29) is 12.4 Å². The van der Waals surface area contributed by atoms with Gasteiger partial charge in [0.25, 0.3) is 12.3 Å². The van der Waals surface area contributed by atoms with E-state index in [4.69, 9.17) is 4.42 Å². The summed E-state index contributed by atoms with van der Waals surface area (Å²) in [6, 6.07) is 0. The van der Waals surface area contributed by atoms with Gasteiger partial charge in [0.1, 0.15) is 5.60 Å². The van der Waals surface area contributed by atoms with E-state index in [0.29, 0.717) is 25.8 Å². The van der Waals surface area contributed by atoms with Gasteiger partial charge in [0.15, 0.2) is 5.69 Å². The van der Waals surface area contributed by atoms with Gasteiger partial charge in [0.05, 0.1) is 12.2 Å². The van der Waals surface area contributed by atoms with Crippen LogP contribution in [0, 0.1) is 0 Å². The number of hydrogen-bond acceptors (Lipinski definition) is 5. The Morgan fingerprint density at radius 2 is 2.24 bits per heavy atom. The maximum atomic E-state index is 13.3. The normalized spacial score (nSPS) is 20.0. The predicted molar refractivity (Wildman–Crippen MR) is 86.6 cm³/mol. The monoisotopic (exact) mass is 353 g/mol. The number of aliphatic hydroxyl groups is 1. The lowest BCUT2D eigenvalue weighted by molar-refractivity contribution is 0.0698. The van der Waals surface area contributed by atoms with E-state index in [9.17, 15) is 18.7 Å². The van der Waals surface area contributed by atoms with Gasteiger partial charge < -0.3 is 14.4 Å². The fraction of sp³-hybridized carbons (Fsp3) is 0.588. The summed E-state index contributed by atoms with van der Waals surface area (Å²) in [4.78, 5) is 22.2. The lowest BCUT2D eigenvalue weighted by Crippen LogP contribution is -2.37. The SMILES string of the molecule is CCC=NC1=C(C)CCN(C(=O)c2oc(C3(O)CC3)nc2C(F)F)C1. The molecule has 0 radical (unpaired) electrons. The number of aliphatic imine (C=N–C) groups is 1. The van der Waals surface area contributed by atoms with Crippen molar-refractivity contribution in [2.45, 2.75) is 51.6 Å². The number of alkyl halides is 2. The second-order valence-corrected chi connectivity index (χ2v) is 6.49. The Morgan fingerprint density at radius 3 is 2.84 bits per heavy atom. The van der Waals surface area contributed by atoms with Crippen molar-refractivity contribution < 1.29 is 23.1 Å². The zero-order chi connectivity index (χ0) is 18.2. The third-order valence-electron chi connectivity index (χ3n) is 4.48. The van der Waals surface area contributed by atoms with Crippen LogP contribution in [0.4, 0.5) is 8.78 Å². The fourth-order valence-corrected chi connectivity index (χ4v) is 2.68. The fourth-order valence-electron chi connectivity index (χ4n) is 2.68. The quantitative estimate of drug-likeness (QED) is 0.825. The Morgan fingerprint density at radius 1 is 1.52 bits per heavy atom. The predicted octanol–water partition coefficient (Wildman–Crippen LogP) is 3.19. The lowest BCUT2D eigenvalue weighted by atomic mass is 10.1. The van der Waals surface area contributed by atoms with Crippen molar-refractivity contribution in [1.82, 2.24) is 9.88 Å². The molecule has 0 aromatic carbocycles. The molecule has 0 spiro atoms. The highest BCUT2D eigenvalue weighted by atomic mass is 19.3. The number of aromatic nitrogens is 1. The largest absolute Gasteiger partial charge is 0.432 e. The van der Waals surface area contributed by atoms with E-state index in [1.165, 1.54) is 4.90 Å². The molecule has 1 amide bonds. The Kier molecular flexibility index (Phi) is 4.73. The highest BCUT2D eigenvalue weighted by Crippen LogP contribution is 2.46. The van der Waals surface area contributed by atoms with Gasteiger partial charge in [-0.25, -0.2) is 13.8 Å². The van der Waals surface area contributed by atoms with Crippen molar-refractivity contribution in [2.24, 2.45) is 4.99 Å². The third kappa shape index (κ3) is 3.49. The second-order valence-electron chi connectivity index (χ2n) is 6.49. The van der Waals surface area contributed by atoms with Crippen molar-refractivity contribution in [1.29, 1.82) is 0 Å². The molecule has 0 bridgehead atoms. The van der Waals surface area contributed by atoms with Crippen LogP contribution in [0.1, 0.15) is 68.1 Å². The van der Waals surface area contributed by atoms with Crippen molar-refractivity contribution in [2.75, 3.05) is 13.1 Å². The molecule has 1 fully saturated rings. The van der Waals surface area contributed by atoms with E-state index in [1.807, 2.05) is 13.8 Å². The average molecular weight is 353 g/mol. The molecular formula is C17H21F2N3O3. The first-order valence-electron chi connectivity index (χ1n) is 8.38. The molecule has 8 heteroatoms. The summed E-state index contributed by atoms with van der Waals surface area (Å²) in [5.74, 6) is -1.32. The van der Waals surface area contributed by atoms with Gasteiger partial charge in [0, 0.05) is 12.8 Å². The number of amides is 1. The van der Waals surface area contributed by atoms with Crippen LogP contribution in [0.5, 0.6) is 0 Å². The summed E-state index contributed by atoms with van der Waals surface area (Å²) in [6.07, 6.45) is 0.989. The van der Waals surface area contributed by atoms with Crippen molar-refractivity contribution in [3.8, 4) is 0 Å². The van der Waals surface area contributed by atoms with Gasteiger partial charge in [-0.05, 0) is 38.2 Å². The number of halogens is 2. The summed E-state index contributed by atoms with van der Waals surface area (Å²) < 4.78 is 31.8. The molecule has 2 heterocycles. The van der Waals surface area contributed by atoms with Gasteiger partial charge in [0.2, 0.25) is 11.7 Å². The van der Waals surface area contributed by atoms with E-state index < -0.39 is 29.4 Å². The second kappa shape index (κ2) is 6.67. The van der Waals surface area contributed by atoms with Crippen LogP contribution in [0.15, 0.2) is 20.7 Å². The molecule has 1 aromatic heterocycles. The molecule has 1 aliphatic carbocycles. The summed E-state index contributed by atoms with van der Waals surface area (Å²) >= 11 is 0. The van der Waals surface area contributed by atoms with E-state index >= 15 is 0 Å². The first kappa shape index (κ1) is 17.7. The molecule has 1 saturated carbocycles. The summed E-state index contributed by atoms with van der Waals surface area (Å²) in [5.41, 5.74) is -0.170. The third-order valence-corrected chi connectivity index (χ3v) is 4.48. The zero-order valence-corrected chi connectivity index (χ0v) is 14.3. The van der Waals surface area contributed by atoms with Crippen molar-refractivity contribution >= 4 is 12.1 Å². The standard InChI is InChI=1S/C17H21F2N3O3/c1-3-7-20-11-9-22(8-4-10(11)2)15(23)13-12(14(18)19)21-16(25-13)17(24)5-6-17/h7,14,24H,3-6,8-9H2,1-2H3. The topological polar surface area (TPSA) is 78.9 Å². The zero-order valence-electron chi connectivity index (χ0n) is 14.3. The molecule has 1 N–H and O–H groups in total. The highest BCUT2D eigenvalue weighted by Gasteiger charge is 2.48. The van der Waals surface area contributed by atoms with Crippen LogP contribution in [-0.2, 0) is 5.60 Å². The van der Waals surface area contributed by atoms with Crippen molar-refractivity contribution in [3.05, 3.63) is 28.6 Å². The van der Waals surface area contributed by atoms with Crippen LogP contribution < -0.4 is 0 Å². The number of carbonyl (C=O) groups is 1. The average Bonchev–Trinajstić information content (AvgIpc) is 3.17. The molecule has 6 nitrogen and oxygen atoms in total. The maximum absolute atomic E-state index is 13.3. The molecule has 25 heavy (non-hydrogen) atoms. The molecule has 136 valence electrons. The Bertz CT molecular complexity index is 735. The summed E-state index contributed by atoms with van der Waals surface area (Å²) in [6.45, 7) is 4.55. The number of hydrogen-bond donors (Lipinski definition) is 1. The summed E-state index contributed by atoms with van der Waals surface area (Å²) in [7, 11) is 0. The minimum atomic E-state index is -2.95. The van der Waals surface area contributed by atoms with E-state index in [1.54, 1.807) is 6.21 Å². The Balaban J connectivity index is 1.86.